The molecule has 32 heavy (non-hydrogen) atoms. The molecule has 1 fully saturated rings. The highest BCUT2D eigenvalue weighted by molar-refractivity contribution is 5.80. The summed E-state index contributed by atoms with van der Waals surface area (Å²) in [6.07, 6.45) is 6.23. The molecule has 0 aliphatic carbocycles. The number of piperidine rings is 1. The van der Waals surface area contributed by atoms with Gasteiger partial charge in [0.25, 0.3) is 0 Å². The van der Waals surface area contributed by atoms with Crippen LogP contribution in [-0.2, 0) is 4.74 Å². The highest BCUT2D eigenvalue weighted by Crippen LogP contribution is 2.24. The van der Waals surface area contributed by atoms with E-state index in [1.165, 1.54) is 0 Å². The fraction of sp³-hybridized carbons (Fsp3) is 0.333. The molecule has 0 saturated carbocycles. The third-order valence-corrected chi connectivity index (χ3v) is 5.96. The van der Waals surface area contributed by atoms with Crippen molar-refractivity contribution in [2.75, 3.05) is 33.4 Å². The average molecular weight is 434 g/mol. The maximum absolute atomic E-state index is 9.63. The molecule has 0 spiro atoms. The summed E-state index contributed by atoms with van der Waals surface area (Å²) in [6.45, 7) is 3.42. The summed E-state index contributed by atoms with van der Waals surface area (Å²) in [7, 11) is 1.77. The number of benzene rings is 1. The topological polar surface area (TPSA) is 84.7 Å². The van der Waals surface area contributed by atoms with E-state index in [2.05, 4.69) is 15.0 Å². The smallest absolute Gasteiger partial charge is 0.155 e. The minimum absolute atomic E-state index is 0.307. The van der Waals surface area contributed by atoms with Crippen LogP contribution < -0.4 is 10.1 Å². The molecule has 3 aromatic heterocycles. The van der Waals surface area contributed by atoms with E-state index in [1.807, 2.05) is 47.0 Å². The summed E-state index contributed by atoms with van der Waals surface area (Å²) in [5, 5.41) is 14.2. The van der Waals surface area contributed by atoms with Gasteiger partial charge in [-0.3, -0.25) is 4.90 Å². The molecule has 1 aromatic carbocycles. The molecule has 1 saturated heterocycles. The second-order valence-corrected chi connectivity index (χ2v) is 8.02. The molecule has 1 atom stereocenters. The van der Waals surface area contributed by atoms with E-state index in [0.717, 1.165) is 38.0 Å². The van der Waals surface area contributed by atoms with E-state index in [0.29, 0.717) is 46.2 Å². The fourth-order valence-electron chi connectivity index (χ4n) is 4.22. The minimum Gasteiger partial charge on any atom is -0.492 e. The van der Waals surface area contributed by atoms with Gasteiger partial charge in [0.2, 0.25) is 0 Å². The number of nitrogens with zero attached hydrogens (tertiary/aromatic N) is 4. The molecular formula is C24H26N4O4. The Bertz CT molecular complexity index is 1300. The van der Waals surface area contributed by atoms with Crippen LogP contribution in [0.4, 0.5) is 0 Å². The van der Waals surface area contributed by atoms with Crippen LogP contribution in [0.15, 0.2) is 64.6 Å². The third-order valence-electron chi connectivity index (χ3n) is 5.96. The van der Waals surface area contributed by atoms with Gasteiger partial charge in [-0.1, -0.05) is 5.16 Å². The molecule has 0 radical (unpaired) electrons. The molecule has 4 heterocycles. The number of fused-ring (bicyclic) bond motifs is 2. The fourth-order valence-corrected chi connectivity index (χ4v) is 4.22. The second kappa shape index (κ2) is 9.02. The van der Waals surface area contributed by atoms with Crippen LogP contribution in [0.5, 0.6) is 5.75 Å². The highest BCUT2D eigenvalue weighted by atomic mass is 16.5. The van der Waals surface area contributed by atoms with Crippen LogP contribution >= 0.6 is 0 Å². The van der Waals surface area contributed by atoms with Gasteiger partial charge in [0, 0.05) is 38.0 Å². The molecule has 4 aromatic rings. The van der Waals surface area contributed by atoms with Crippen LogP contribution in [0.25, 0.3) is 27.9 Å². The van der Waals surface area contributed by atoms with Crippen molar-refractivity contribution in [1.29, 1.82) is 0 Å². The average Bonchev–Trinajstić information content (AvgIpc) is 3.31. The van der Waals surface area contributed by atoms with Crippen molar-refractivity contribution in [3.8, 4) is 17.2 Å². The first-order chi connectivity index (χ1) is 15.7. The predicted octanol–water partition coefficient (Wildman–Crippen LogP) is 3.53. The summed E-state index contributed by atoms with van der Waals surface area (Å²) < 4.78 is 19.5. The molecule has 1 unspecified atom stereocenters. The quantitative estimate of drug-likeness (QED) is 0.369. The standard InChI is InChI=1S/C24H26N4O4/c1-30-19-5-3-8-27(15-19)10-11-31-18-6-7-23-20(13-18)21(26-29)14-24(32-23)22-12-17-4-2-9-28(17)16-25-22/h2,4,6-7,9,12-14,16,19,29H,3,5,8,10-11,15H2,1H3/b26-21-. The Kier molecular flexibility index (Phi) is 5.79. The van der Waals surface area contributed by atoms with Crippen LogP contribution in [0.2, 0.25) is 0 Å². The van der Waals surface area contributed by atoms with Crippen molar-refractivity contribution < 1.29 is 19.1 Å². The van der Waals surface area contributed by atoms with Gasteiger partial charge in [0.05, 0.1) is 17.8 Å². The lowest BCUT2D eigenvalue weighted by molar-refractivity contribution is 0.0272. The number of hydrogen-bond donors (Lipinski definition) is 1. The van der Waals surface area contributed by atoms with Crippen molar-refractivity contribution in [2.45, 2.75) is 18.9 Å². The van der Waals surface area contributed by atoms with E-state index in [9.17, 15) is 5.21 Å². The summed E-state index contributed by atoms with van der Waals surface area (Å²) in [4.78, 5) is 6.82. The zero-order chi connectivity index (χ0) is 21.9. The van der Waals surface area contributed by atoms with Gasteiger partial charge < -0.3 is 23.5 Å². The Morgan fingerprint density at radius 2 is 2.19 bits per heavy atom. The molecule has 1 aliphatic rings. The normalized spacial score (nSPS) is 17.9. The van der Waals surface area contributed by atoms with Gasteiger partial charge in [0.15, 0.2) is 5.76 Å². The van der Waals surface area contributed by atoms with Gasteiger partial charge in [0.1, 0.15) is 29.0 Å². The van der Waals surface area contributed by atoms with E-state index < -0.39 is 0 Å². The van der Waals surface area contributed by atoms with Crippen molar-refractivity contribution >= 4 is 16.5 Å². The van der Waals surface area contributed by atoms with Gasteiger partial charge in [-0.25, -0.2) is 4.98 Å². The summed E-state index contributed by atoms with van der Waals surface area (Å²) in [5.74, 6) is 1.24. The van der Waals surface area contributed by atoms with E-state index in [4.69, 9.17) is 13.9 Å². The van der Waals surface area contributed by atoms with E-state index in [-0.39, 0.29) is 0 Å². The van der Waals surface area contributed by atoms with Crippen molar-refractivity contribution in [3.05, 3.63) is 60.3 Å². The third kappa shape index (κ3) is 4.19. The van der Waals surface area contributed by atoms with Crippen LogP contribution in [0, 0.1) is 0 Å². The van der Waals surface area contributed by atoms with Crippen LogP contribution in [0.1, 0.15) is 12.8 Å². The van der Waals surface area contributed by atoms with Gasteiger partial charge in [-0.2, -0.15) is 0 Å². The molecule has 8 heteroatoms. The monoisotopic (exact) mass is 434 g/mol. The maximum Gasteiger partial charge on any atom is 0.155 e. The highest BCUT2D eigenvalue weighted by Gasteiger charge is 2.19. The second-order valence-electron chi connectivity index (χ2n) is 8.02. The summed E-state index contributed by atoms with van der Waals surface area (Å²) in [6, 6.07) is 13.1. The summed E-state index contributed by atoms with van der Waals surface area (Å²) in [5.41, 5.74) is 2.26. The van der Waals surface area contributed by atoms with Gasteiger partial charge >= 0.3 is 0 Å². The van der Waals surface area contributed by atoms with E-state index >= 15 is 0 Å². The maximum atomic E-state index is 9.63. The zero-order valence-corrected chi connectivity index (χ0v) is 18.0. The lowest BCUT2D eigenvalue weighted by Gasteiger charge is -2.31. The minimum atomic E-state index is 0.307. The Labute approximate surface area is 185 Å². The number of aromatic nitrogens is 2. The van der Waals surface area contributed by atoms with E-state index in [1.54, 1.807) is 19.5 Å². The lowest BCUT2D eigenvalue weighted by atomic mass is 10.1. The molecule has 1 aliphatic heterocycles. The molecule has 0 bridgehead atoms. The number of likely N-dealkylation sites (tertiary alicyclic amines) is 1. The number of rotatable bonds is 6. The number of methoxy groups -OCH3 is 1. The Morgan fingerprint density at radius 1 is 1.25 bits per heavy atom. The van der Waals surface area contributed by atoms with Crippen molar-refractivity contribution in [2.24, 2.45) is 5.16 Å². The number of hydrogen-bond acceptors (Lipinski definition) is 7. The van der Waals surface area contributed by atoms with Crippen LogP contribution in [-0.4, -0.2) is 58.9 Å². The van der Waals surface area contributed by atoms with Gasteiger partial charge in [-0.15, -0.1) is 0 Å². The van der Waals surface area contributed by atoms with Crippen molar-refractivity contribution in [1.82, 2.24) is 14.3 Å². The molecule has 5 rings (SSSR count). The first-order valence-electron chi connectivity index (χ1n) is 10.8. The molecule has 166 valence electrons. The Hall–Kier alpha value is -3.36. The molecule has 8 nitrogen and oxygen atoms in total. The van der Waals surface area contributed by atoms with Crippen LogP contribution in [0.3, 0.4) is 0 Å². The first-order valence-corrected chi connectivity index (χ1v) is 10.8. The zero-order valence-electron chi connectivity index (χ0n) is 18.0. The largest absolute Gasteiger partial charge is 0.492 e. The molecular weight excluding hydrogens is 408 g/mol. The molecule has 1 N–H and O–H groups in total. The molecule has 0 amide bonds. The Morgan fingerprint density at radius 3 is 3.06 bits per heavy atom. The number of ether oxygens (including phenoxy) is 2. The van der Waals surface area contributed by atoms with Crippen molar-refractivity contribution in [3.63, 3.8) is 0 Å². The summed E-state index contributed by atoms with van der Waals surface area (Å²) >= 11 is 0. The predicted molar refractivity (Wildman–Crippen MR) is 120 cm³/mol. The lowest BCUT2D eigenvalue weighted by Crippen LogP contribution is -2.41. The Balaban J connectivity index is 1.35. The SMILES string of the molecule is COC1CCCN(CCOc2ccc3oc(-c4cc5cccn5cn4)c/c(=N/O)c3c2)C1. The first kappa shape index (κ1) is 20.5. The van der Waals surface area contributed by atoms with Gasteiger partial charge in [-0.05, 0) is 55.8 Å².